The third-order valence-electron chi connectivity index (χ3n) is 2.82. The predicted molar refractivity (Wildman–Crippen MR) is 68.2 cm³/mol. The van der Waals surface area contributed by atoms with Gasteiger partial charge in [-0.3, -0.25) is 25.2 Å². The van der Waals surface area contributed by atoms with Crippen LogP contribution in [0.2, 0.25) is 0 Å². The Labute approximate surface area is 114 Å². The minimum Gasteiger partial charge on any atom is -0.455 e. The topological polar surface area (TPSA) is 84.5 Å². The lowest BCUT2D eigenvalue weighted by atomic mass is 10.3. The Bertz CT molecular complexity index is 486. The molecule has 2 N–H and O–H groups in total. The molecular formula is C12H14N2O4S. The molecule has 2 atom stereocenters. The first-order chi connectivity index (χ1) is 9.08. The van der Waals surface area contributed by atoms with E-state index in [9.17, 15) is 14.4 Å². The van der Waals surface area contributed by atoms with E-state index < -0.39 is 11.8 Å². The molecule has 1 aliphatic carbocycles. The maximum Gasteiger partial charge on any atom is 0.309 e. The number of rotatable bonds is 4. The lowest BCUT2D eigenvalue weighted by Crippen LogP contribution is -2.43. The zero-order valence-corrected chi connectivity index (χ0v) is 11.2. The molecule has 1 fully saturated rings. The van der Waals surface area contributed by atoms with Gasteiger partial charge in [0.1, 0.15) is 0 Å². The molecule has 2 rings (SSSR count). The van der Waals surface area contributed by atoms with Crippen LogP contribution in [-0.4, -0.2) is 24.4 Å². The summed E-state index contributed by atoms with van der Waals surface area (Å²) >= 11 is 1.26. The Morgan fingerprint density at radius 2 is 2.16 bits per heavy atom. The van der Waals surface area contributed by atoms with Crippen molar-refractivity contribution in [3.63, 3.8) is 0 Å². The van der Waals surface area contributed by atoms with Gasteiger partial charge in [0.05, 0.1) is 10.8 Å². The summed E-state index contributed by atoms with van der Waals surface area (Å²) < 4.78 is 4.82. The van der Waals surface area contributed by atoms with Gasteiger partial charge in [-0.05, 0) is 23.8 Å². The van der Waals surface area contributed by atoms with Crippen molar-refractivity contribution >= 4 is 29.1 Å². The summed E-state index contributed by atoms with van der Waals surface area (Å²) in [5, 5.41) is 1.76. The molecule has 0 aromatic carbocycles. The summed E-state index contributed by atoms with van der Waals surface area (Å²) in [7, 11) is 0. The molecule has 1 aromatic heterocycles. The summed E-state index contributed by atoms with van der Waals surface area (Å²) in [6.07, 6.45) is 0.815. The number of nitrogens with one attached hydrogen (secondary N) is 2. The van der Waals surface area contributed by atoms with Gasteiger partial charge < -0.3 is 4.74 Å². The van der Waals surface area contributed by atoms with Crippen LogP contribution in [0.15, 0.2) is 17.5 Å². The van der Waals surface area contributed by atoms with Crippen LogP contribution in [0.4, 0.5) is 0 Å². The first-order valence-corrected chi connectivity index (χ1v) is 6.75. The monoisotopic (exact) mass is 282 g/mol. The van der Waals surface area contributed by atoms with E-state index in [-0.39, 0.29) is 18.5 Å². The summed E-state index contributed by atoms with van der Waals surface area (Å²) in [4.78, 5) is 34.7. The molecule has 7 heteroatoms. The molecule has 1 heterocycles. The Hall–Kier alpha value is -1.89. The van der Waals surface area contributed by atoms with Crippen LogP contribution in [0, 0.1) is 11.8 Å². The van der Waals surface area contributed by atoms with Crippen molar-refractivity contribution in [2.45, 2.75) is 13.3 Å². The van der Waals surface area contributed by atoms with E-state index in [2.05, 4.69) is 10.9 Å². The van der Waals surface area contributed by atoms with Crippen LogP contribution in [0.5, 0.6) is 0 Å². The fraction of sp³-hybridized carbons (Fsp3) is 0.417. The fourth-order valence-corrected chi connectivity index (χ4v) is 2.15. The number of hydrazine groups is 1. The van der Waals surface area contributed by atoms with Gasteiger partial charge in [-0.15, -0.1) is 11.3 Å². The summed E-state index contributed by atoms with van der Waals surface area (Å²) in [5.74, 6) is -1.05. The van der Waals surface area contributed by atoms with Crippen molar-refractivity contribution in [3.05, 3.63) is 22.4 Å². The molecule has 1 saturated carbocycles. The molecule has 102 valence electrons. The van der Waals surface area contributed by atoms with Crippen LogP contribution in [0.25, 0.3) is 0 Å². The van der Waals surface area contributed by atoms with Crippen LogP contribution in [0.3, 0.4) is 0 Å². The van der Waals surface area contributed by atoms with Gasteiger partial charge in [0.15, 0.2) is 6.61 Å². The van der Waals surface area contributed by atoms with E-state index in [0.717, 1.165) is 6.42 Å². The molecule has 0 radical (unpaired) electrons. The Morgan fingerprint density at radius 1 is 1.42 bits per heavy atom. The number of hydrogen-bond donors (Lipinski definition) is 2. The molecule has 19 heavy (non-hydrogen) atoms. The van der Waals surface area contributed by atoms with Gasteiger partial charge in [-0.1, -0.05) is 13.0 Å². The highest BCUT2D eigenvalue weighted by Crippen LogP contribution is 2.38. The number of hydrogen-bond acceptors (Lipinski definition) is 5. The van der Waals surface area contributed by atoms with E-state index in [4.69, 9.17) is 4.74 Å². The Kier molecular flexibility index (Phi) is 4.16. The highest BCUT2D eigenvalue weighted by Gasteiger charge is 2.40. The zero-order valence-electron chi connectivity index (χ0n) is 10.3. The maximum absolute atomic E-state index is 11.5. The average Bonchev–Trinajstić information content (AvgIpc) is 2.92. The third-order valence-corrected chi connectivity index (χ3v) is 3.69. The summed E-state index contributed by atoms with van der Waals surface area (Å²) in [6, 6.07) is 3.38. The molecule has 6 nitrogen and oxygen atoms in total. The molecule has 0 unspecified atom stereocenters. The van der Waals surface area contributed by atoms with Gasteiger partial charge in [-0.25, -0.2) is 0 Å². The zero-order chi connectivity index (χ0) is 13.8. The molecule has 0 aliphatic heterocycles. The number of amides is 2. The smallest absolute Gasteiger partial charge is 0.309 e. The number of esters is 1. The van der Waals surface area contributed by atoms with Crippen LogP contribution in [-0.2, 0) is 14.3 Å². The van der Waals surface area contributed by atoms with Gasteiger partial charge in [0.2, 0.25) is 0 Å². The Balaban J connectivity index is 1.64. The van der Waals surface area contributed by atoms with Crippen molar-refractivity contribution in [1.29, 1.82) is 0 Å². The molecule has 1 aliphatic rings. The van der Waals surface area contributed by atoms with Crippen molar-refractivity contribution in [1.82, 2.24) is 10.9 Å². The first kappa shape index (κ1) is 13.5. The summed E-state index contributed by atoms with van der Waals surface area (Å²) in [6.45, 7) is 1.57. The van der Waals surface area contributed by atoms with Crippen LogP contribution in [0.1, 0.15) is 23.0 Å². The average molecular weight is 282 g/mol. The van der Waals surface area contributed by atoms with E-state index in [0.29, 0.717) is 10.8 Å². The standard InChI is InChI=1S/C12H14N2O4S/c1-7-5-8(7)12(17)18-6-10(15)13-14-11(16)9-3-2-4-19-9/h2-4,7-8H,5-6H2,1H3,(H,13,15)(H,14,16)/t7-,8+/m0/s1. The molecular weight excluding hydrogens is 268 g/mol. The van der Waals surface area contributed by atoms with Crippen molar-refractivity contribution in [2.24, 2.45) is 11.8 Å². The third kappa shape index (κ3) is 3.78. The number of carbonyl (C=O) groups is 3. The van der Waals surface area contributed by atoms with E-state index in [1.54, 1.807) is 17.5 Å². The van der Waals surface area contributed by atoms with E-state index in [1.165, 1.54) is 11.3 Å². The van der Waals surface area contributed by atoms with Crippen molar-refractivity contribution in [3.8, 4) is 0 Å². The summed E-state index contributed by atoms with van der Waals surface area (Å²) in [5.41, 5.74) is 4.43. The minimum atomic E-state index is -0.563. The molecule has 0 bridgehead atoms. The quantitative estimate of drug-likeness (QED) is 0.629. The lowest BCUT2D eigenvalue weighted by Gasteiger charge is -2.07. The Morgan fingerprint density at radius 3 is 2.74 bits per heavy atom. The predicted octanol–water partition coefficient (Wildman–Crippen LogP) is 0.708. The maximum atomic E-state index is 11.5. The van der Waals surface area contributed by atoms with Crippen molar-refractivity contribution < 1.29 is 19.1 Å². The molecule has 2 amide bonds. The number of thiophene rings is 1. The van der Waals surface area contributed by atoms with Crippen molar-refractivity contribution in [2.75, 3.05) is 6.61 Å². The second-order valence-electron chi connectivity index (χ2n) is 4.41. The molecule has 0 spiro atoms. The molecule has 0 saturated heterocycles. The van der Waals surface area contributed by atoms with E-state index in [1.807, 2.05) is 6.92 Å². The lowest BCUT2D eigenvalue weighted by molar-refractivity contribution is -0.150. The highest BCUT2D eigenvalue weighted by molar-refractivity contribution is 7.12. The van der Waals surface area contributed by atoms with Crippen LogP contribution >= 0.6 is 11.3 Å². The second kappa shape index (κ2) is 5.83. The first-order valence-electron chi connectivity index (χ1n) is 5.87. The van der Waals surface area contributed by atoms with Crippen LogP contribution < -0.4 is 10.9 Å². The van der Waals surface area contributed by atoms with Gasteiger partial charge in [-0.2, -0.15) is 0 Å². The SMILES string of the molecule is C[C@H]1C[C@H]1C(=O)OCC(=O)NNC(=O)c1cccs1. The number of ether oxygens (including phenoxy) is 1. The highest BCUT2D eigenvalue weighted by atomic mass is 32.1. The van der Waals surface area contributed by atoms with Gasteiger partial charge in [0, 0.05) is 0 Å². The molecule has 1 aromatic rings. The largest absolute Gasteiger partial charge is 0.455 e. The number of carbonyl (C=O) groups excluding carboxylic acids is 3. The van der Waals surface area contributed by atoms with Gasteiger partial charge in [0.25, 0.3) is 11.8 Å². The van der Waals surface area contributed by atoms with E-state index >= 15 is 0 Å². The minimum absolute atomic E-state index is 0.0755. The second-order valence-corrected chi connectivity index (χ2v) is 5.35. The van der Waals surface area contributed by atoms with Gasteiger partial charge >= 0.3 is 5.97 Å². The normalized spacial score (nSPS) is 20.5. The fourth-order valence-electron chi connectivity index (χ4n) is 1.53.